The van der Waals surface area contributed by atoms with Gasteiger partial charge in [-0.1, -0.05) is 0 Å². The summed E-state index contributed by atoms with van der Waals surface area (Å²) in [5.41, 5.74) is 0.536. The first-order valence-electron chi connectivity index (χ1n) is 6.45. The molecule has 0 atom stereocenters. The summed E-state index contributed by atoms with van der Waals surface area (Å²) in [7, 11) is 1.90. The van der Waals surface area contributed by atoms with Gasteiger partial charge in [-0.3, -0.25) is 4.79 Å². The van der Waals surface area contributed by atoms with Crippen molar-refractivity contribution < 1.29 is 14.6 Å². The minimum atomic E-state index is -0.795. The number of carboxylic acids is 1. The predicted molar refractivity (Wildman–Crippen MR) is 76.9 cm³/mol. The number of carbonyl (C=O) groups is 1. The first kappa shape index (κ1) is 15.3. The van der Waals surface area contributed by atoms with E-state index in [9.17, 15) is 4.79 Å². The van der Waals surface area contributed by atoms with E-state index in [1.165, 1.54) is 0 Å². The zero-order chi connectivity index (χ0) is 14.6. The van der Waals surface area contributed by atoms with E-state index >= 15 is 0 Å². The van der Waals surface area contributed by atoms with Crippen LogP contribution in [0.2, 0.25) is 0 Å². The first-order valence-corrected chi connectivity index (χ1v) is 6.45. The molecule has 0 bridgehead atoms. The molecule has 0 amide bonds. The molecule has 0 heterocycles. The van der Waals surface area contributed by atoms with Crippen LogP contribution in [-0.2, 0) is 4.79 Å². The van der Waals surface area contributed by atoms with Crippen LogP contribution in [0.25, 0.3) is 0 Å². The average Bonchev–Trinajstić information content (AvgIpc) is 2.26. The minimum absolute atomic E-state index is 0.0910. The molecule has 0 saturated heterocycles. The molecular formula is C15H23NO3. The van der Waals surface area contributed by atoms with Crippen molar-refractivity contribution >= 4 is 11.7 Å². The van der Waals surface area contributed by atoms with Gasteiger partial charge in [0, 0.05) is 18.3 Å². The van der Waals surface area contributed by atoms with E-state index < -0.39 is 11.5 Å². The molecule has 0 aliphatic rings. The first-order chi connectivity index (χ1) is 8.72. The third-order valence-corrected chi connectivity index (χ3v) is 3.09. The molecule has 1 N–H and O–H groups in total. The summed E-state index contributed by atoms with van der Waals surface area (Å²) in [5, 5.41) is 8.94. The van der Waals surface area contributed by atoms with E-state index in [0.717, 1.165) is 11.4 Å². The number of nitrogens with zero attached hydrogens (tertiary/aromatic N) is 1. The second kappa shape index (κ2) is 5.95. The van der Waals surface area contributed by atoms with Crippen LogP contribution in [0, 0.1) is 0 Å². The minimum Gasteiger partial charge on any atom is -0.491 e. The third-order valence-electron chi connectivity index (χ3n) is 3.09. The molecule has 1 aromatic carbocycles. The highest BCUT2D eigenvalue weighted by Crippen LogP contribution is 2.27. The molecule has 1 aromatic rings. The maximum absolute atomic E-state index is 10.9. The molecule has 19 heavy (non-hydrogen) atoms. The maximum atomic E-state index is 10.9. The predicted octanol–water partition coefficient (Wildman–Crippen LogP) is 3.16. The number of aliphatic carboxylic acids is 1. The Bertz CT molecular complexity index is 424. The monoisotopic (exact) mass is 265 g/mol. The Balaban J connectivity index is 2.82. The normalized spacial score (nSPS) is 11.5. The Hall–Kier alpha value is -1.71. The number of hydrogen-bond donors (Lipinski definition) is 1. The van der Waals surface area contributed by atoms with Gasteiger partial charge in [0.25, 0.3) is 0 Å². The molecule has 0 unspecified atom stereocenters. The van der Waals surface area contributed by atoms with Crippen molar-refractivity contribution in [1.29, 1.82) is 0 Å². The molecular weight excluding hydrogens is 242 g/mol. The molecule has 0 radical (unpaired) electrons. The quantitative estimate of drug-likeness (QED) is 0.858. The number of carboxylic acid groups (broad SMARTS) is 1. The van der Waals surface area contributed by atoms with Crippen molar-refractivity contribution in [2.45, 2.75) is 45.8 Å². The van der Waals surface area contributed by atoms with Crippen LogP contribution in [0.15, 0.2) is 24.3 Å². The average molecular weight is 265 g/mol. The molecule has 0 saturated carbocycles. The number of rotatable bonds is 6. The zero-order valence-electron chi connectivity index (χ0n) is 12.3. The fourth-order valence-corrected chi connectivity index (χ4v) is 1.86. The van der Waals surface area contributed by atoms with E-state index in [-0.39, 0.29) is 12.5 Å². The lowest BCUT2D eigenvalue weighted by Crippen LogP contribution is -2.43. The van der Waals surface area contributed by atoms with Crippen LogP contribution < -0.4 is 9.64 Å². The Morgan fingerprint density at radius 2 is 1.84 bits per heavy atom. The van der Waals surface area contributed by atoms with Crippen molar-refractivity contribution in [3.63, 3.8) is 0 Å². The topological polar surface area (TPSA) is 49.8 Å². The fourth-order valence-electron chi connectivity index (χ4n) is 1.86. The summed E-state index contributed by atoms with van der Waals surface area (Å²) in [6, 6.07) is 7.70. The van der Waals surface area contributed by atoms with Crippen molar-refractivity contribution in [3.05, 3.63) is 24.3 Å². The van der Waals surface area contributed by atoms with Crippen LogP contribution in [0.4, 0.5) is 5.69 Å². The molecule has 1 rings (SSSR count). The van der Waals surface area contributed by atoms with E-state index in [0.29, 0.717) is 0 Å². The summed E-state index contributed by atoms with van der Waals surface area (Å²) >= 11 is 0. The molecule has 106 valence electrons. The van der Waals surface area contributed by atoms with Gasteiger partial charge in [-0.15, -0.1) is 0 Å². The third kappa shape index (κ3) is 4.47. The molecule has 0 fully saturated rings. The summed E-state index contributed by atoms with van der Waals surface area (Å²) < 4.78 is 5.59. The summed E-state index contributed by atoms with van der Waals surface area (Å²) in [6.07, 6.45) is 0.236. The molecule has 4 nitrogen and oxygen atoms in total. The van der Waals surface area contributed by atoms with Crippen molar-refractivity contribution in [1.82, 2.24) is 0 Å². The van der Waals surface area contributed by atoms with Gasteiger partial charge in [0.05, 0.1) is 12.5 Å². The Morgan fingerprint density at radius 3 is 2.26 bits per heavy atom. The highest BCUT2D eigenvalue weighted by atomic mass is 16.5. The second-order valence-electron chi connectivity index (χ2n) is 5.60. The lowest BCUT2D eigenvalue weighted by atomic mass is 9.98. The van der Waals surface area contributed by atoms with Crippen molar-refractivity contribution in [2.75, 3.05) is 11.9 Å². The SMILES string of the molecule is CC(C)Oc1ccc(N(C)C(C)(C)CC(=O)O)cc1. The van der Waals surface area contributed by atoms with Gasteiger partial charge >= 0.3 is 5.97 Å². The van der Waals surface area contributed by atoms with Crippen molar-refractivity contribution in [3.8, 4) is 5.75 Å². The Morgan fingerprint density at radius 1 is 1.32 bits per heavy atom. The van der Waals surface area contributed by atoms with E-state index in [1.807, 2.05) is 63.9 Å². The van der Waals surface area contributed by atoms with Gasteiger partial charge < -0.3 is 14.7 Å². The fraction of sp³-hybridized carbons (Fsp3) is 0.533. The van der Waals surface area contributed by atoms with E-state index in [4.69, 9.17) is 9.84 Å². The van der Waals surface area contributed by atoms with Crippen LogP contribution >= 0.6 is 0 Å². The van der Waals surface area contributed by atoms with Gasteiger partial charge in [0.15, 0.2) is 0 Å². The van der Waals surface area contributed by atoms with Gasteiger partial charge in [-0.2, -0.15) is 0 Å². The molecule has 4 heteroatoms. The van der Waals surface area contributed by atoms with Crippen LogP contribution in [-0.4, -0.2) is 29.8 Å². The van der Waals surface area contributed by atoms with Gasteiger partial charge in [-0.25, -0.2) is 0 Å². The molecule has 0 aromatic heterocycles. The number of hydrogen-bond acceptors (Lipinski definition) is 3. The lowest BCUT2D eigenvalue weighted by Gasteiger charge is -2.36. The smallest absolute Gasteiger partial charge is 0.305 e. The summed E-state index contributed by atoms with van der Waals surface area (Å²) in [4.78, 5) is 12.9. The van der Waals surface area contributed by atoms with Crippen molar-refractivity contribution in [2.24, 2.45) is 0 Å². The van der Waals surface area contributed by atoms with Gasteiger partial charge in [-0.05, 0) is 52.0 Å². The number of anilines is 1. The van der Waals surface area contributed by atoms with Crippen LogP contribution in [0.3, 0.4) is 0 Å². The van der Waals surface area contributed by atoms with E-state index in [1.54, 1.807) is 0 Å². The van der Waals surface area contributed by atoms with Crippen LogP contribution in [0.5, 0.6) is 5.75 Å². The number of benzene rings is 1. The van der Waals surface area contributed by atoms with Crippen LogP contribution in [0.1, 0.15) is 34.1 Å². The number of ether oxygens (including phenoxy) is 1. The Kier molecular flexibility index (Phi) is 4.81. The Labute approximate surface area is 115 Å². The summed E-state index contributed by atoms with van der Waals surface area (Å²) in [6.45, 7) is 7.80. The molecule has 0 spiro atoms. The summed E-state index contributed by atoms with van der Waals surface area (Å²) in [5.74, 6) is 0.0276. The van der Waals surface area contributed by atoms with Gasteiger partial charge in [0.2, 0.25) is 0 Å². The zero-order valence-corrected chi connectivity index (χ0v) is 12.3. The highest BCUT2D eigenvalue weighted by molar-refractivity contribution is 5.69. The van der Waals surface area contributed by atoms with Gasteiger partial charge in [0.1, 0.15) is 5.75 Å². The molecule has 0 aliphatic heterocycles. The second-order valence-corrected chi connectivity index (χ2v) is 5.60. The molecule has 0 aliphatic carbocycles. The highest BCUT2D eigenvalue weighted by Gasteiger charge is 2.26. The standard InChI is InChI=1S/C15H23NO3/c1-11(2)19-13-8-6-12(7-9-13)16(5)15(3,4)10-14(17)18/h6-9,11H,10H2,1-5H3,(H,17,18). The lowest BCUT2D eigenvalue weighted by molar-refractivity contribution is -0.138. The largest absolute Gasteiger partial charge is 0.491 e. The maximum Gasteiger partial charge on any atom is 0.305 e. The van der Waals surface area contributed by atoms with E-state index in [2.05, 4.69) is 0 Å².